The maximum Gasteiger partial charge on any atom is 0.343 e. The Kier molecular flexibility index (Phi) is 9.40. The molecule has 0 bridgehead atoms. The number of esters is 2. The van der Waals surface area contributed by atoms with E-state index in [2.05, 4.69) is 21.1 Å². The fraction of sp³-hybridized carbons (Fsp3) is 0.409. The Morgan fingerprint density at radius 1 is 1.09 bits per heavy atom. The van der Waals surface area contributed by atoms with E-state index in [9.17, 15) is 9.59 Å². The van der Waals surface area contributed by atoms with Crippen LogP contribution in [0.1, 0.15) is 36.5 Å². The van der Waals surface area contributed by atoms with Gasteiger partial charge in [-0.1, -0.05) is 24.9 Å². The lowest BCUT2D eigenvalue weighted by atomic mass is 9.98. The van der Waals surface area contributed by atoms with Gasteiger partial charge in [0.1, 0.15) is 12.9 Å². The van der Waals surface area contributed by atoms with Crippen molar-refractivity contribution >= 4 is 33.6 Å². The van der Waals surface area contributed by atoms with Crippen LogP contribution in [-0.4, -0.2) is 51.4 Å². The number of methoxy groups -OCH3 is 2. The van der Waals surface area contributed by atoms with E-state index < -0.39 is 29.3 Å². The second-order valence-electron chi connectivity index (χ2n) is 6.62. The Labute approximate surface area is 194 Å². The summed E-state index contributed by atoms with van der Waals surface area (Å²) in [5.41, 5.74) is -0.399. The van der Waals surface area contributed by atoms with E-state index in [1.807, 2.05) is 6.92 Å². The number of benzene rings is 1. The van der Waals surface area contributed by atoms with Crippen molar-refractivity contribution in [2.45, 2.75) is 32.0 Å². The van der Waals surface area contributed by atoms with Crippen LogP contribution in [0.4, 0.5) is 4.39 Å². The summed E-state index contributed by atoms with van der Waals surface area (Å²) >= 11 is 3.16. The predicted octanol–water partition coefficient (Wildman–Crippen LogP) is 4.45. The van der Waals surface area contributed by atoms with Crippen LogP contribution in [0.5, 0.6) is 5.75 Å². The lowest BCUT2D eigenvalue weighted by molar-refractivity contribution is -0.138. The van der Waals surface area contributed by atoms with Crippen molar-refractivity contribution in [3.63, 3.8) is 0 Å². The second kappa shape index (κ2) is 11.8. The first-order valence-electron chi connectivity index (χ1n) is 9.83. The third kappa shape index (κ3) is 5.74. The number of hydrogen-bond donors (Lipinski definition) is 0. The summed E-state index contributed by atoms with van der Waals surface area (Å²) in [7, 11) is 3.75. The van der Waals surface area contributed by atoms with Gasteiger partial charge in [0.05, 0.1) is 29.3 Å². The molecule has 10 heteroatoms. The number of rotatable bonds is 10. The molecule has 0 unspecified atom stereocenters. The molecule has 0 saturated carbocycles. The average Bonchev–Trinajstić information content (AvgIpc) is 2.81. The zero-order valence-electron chi connectivity index (χ0n) is 18.3. The molecular formula is C22H25BrFNO7. The number of halogens is 2. The Balaban J connectivity index is 2.41. The van der Waals surface area contributed by atoms with Gasteiger partial charge in [-0.25, -0.2) is 9.59 Å². The van der Waals surface area contributed by atoms with Gasteiger partial charge in [-0.2, -0.15) is 4.39 Å². The summed E-state index contributed by atoms with van der Waals surface area (Å²) in [6.45, 7) is 2.21. The summed E-state index contributed by atoms with van der Waals surface area (Å²) in [4.78, 5) is 30.0. The molecule has 0 heterocycles. The third-order valence-corrected chi connectivity index (χ3v) is 5.32. The largest absolute Gasteiger partial charge is 0.497 e. The molecule has 1 aromatic rings. The van der Waals surface area contributed by atoms with E-state index in [4.69, 9.17) is 23.8 Å². The summed E-state index contributed by atoms with van der Waals surface area (Å²) in [6.07, 6.45) is 3.64. The highest BCUT2D eigenvalue weighted by Crippen LogP contribution is 2.40. The second-order valence-corrected chi connectivity index (χ2v) is 7.41. The molecule has 0 spiro atoms. The van der Waals surface area contributed by atoms with Crippen molar-refractivity contribution in [1.29, 1.82) is 0 Å². The monoisotopic (exact) mass is 513 g/mol. The summed E-state index contributed by atoms with van der Waals surface area (Å²) in [5.74, 6) is -4.51. The molecule has 1 aromatic carbocycles. The SMILES string of the molecule is CCCCCOC(=O)C1=CC(=NOC)[C@](F)(OC)C(OC(=O)c2ccc(OC)cc2)=C1Br. The van der Waals surface area contributed by atoms with Gasteiger partial charge in [0.25, 0.3) is 0 Å². The zero-order valence-corrected chi connectivity index (χ0v) is 19.9. The minimum absolute atomic E-state index is 0.0971. The van der Waals surface area contributed by atoms with E-state index in [0.717, 1.165) is 26.0 Å². The molecule has 2 rings (SSSR count). The van der Waals surface area contributed by atoms with E-state index in [1.165, 1.54) is 26.4 Å². The molecule has 1 atom stereocenters. The predicted molar refractivity (Wildman–Crippen MR) is 118 cm³/mol. The Morgan fingerprint density at radius 3 is 2.34 bits per heavy atom. The van der Waals surface area contributed by atoms with Gasteiger partial charge in [0.2, 0.25) is 0 Å². The number of alkyl halides is 1. The van der Waals surface area contributed by atoms with E-state index in [-0.39, 0.29) is 22.2 Å². The average molecular weight is 514 g/mol. The van der Waals surface area contributed by atoms with Gasteiger partial charge in [-0.15, -0.1) is 0 Å². The number of nitrogens with zero attached hydrogens (tertiary/aromatic N) is 1. The van der Waals surface area contributed by atoms with E-state index in [0.29, 0.717) is 12.2 Å². The molecule has 1 aliphatic rings. The molecule has 0 aliphatic heterocycles. The molecule has 1 aliphatic carbocycles. The van der Waals surface area contributed by atoms with Gasteiger partial charge in [-0.05, 0) is 52.7 Å². The fourth-order valence-corrected chi connectivity index (χ4v) is 3.40. The first-order chi connectivity index (χ1) is 15.3. The lowest BCUT2D eigenvalue weighted by Gasteiger charge is -2.30. The van der Waals surface area contributed by atoms with Crippen LogP contribution in [0, 0.1) is 0 Å². The molecular weight excluding hydrogens is 489 g/mol. The topological polar surface area (TPSA) is 92.7 Å². The Morgan fingerprint density at radius 2 is 1.78 bits per heavy atom. The number of hydrogen-bond acceptors (Lipinski definition) is 8. The van der Waals surface area contributed by atoms with Crippen LogP contribution in [0.25, 0.3) is 0 Å². The molecule has 0 aromatic heterocycles. The number of unbranched alkanes of at least 4 members (excludes halogenated alkanes) is 2. The van der Waals surface area contributed by atoms with Crippen LogP contribution in [0.2, 0.25) is 0 Å². The number of oxime groups is 1. The van der Waals surface area contributed by atoms with Crippen molar-refractivity contribution in [2.75, 3.05) is 27.9 Å². The van der Waals surface area contributed by atoms with E-state index >= 15 is 4.39 Å². The van der Waals surface area contributed by atoms with Crippen LogP contribution in [-0.2, 0) is 23.8 Å². The number of carbonyl (C=O) groups is 2. The van der Waals surface area contributed by atoms with Crippen LogP contribution in [0.15, 0.2) is 51.3 Å². The van der Waals surface area contributed by atoms with Crippen molar-refractivity contribution in [1.82, 2.24) is 0 Å². The van der Waals surface area contributed by atoms with Gasteiger partial charge in [-0.3, -0.25) is 0 Å². The standard InChI is InChI=1S/C22H25BrFNO7/c1-5-6-7-12-31-21(27)16-13-17(25-30-4)22(24,29-3)19(18(16)23)32-20(26)14-8-10-15(28-2)11-9-14/h8-11,13H,5-7,12H2,1-4H3/t22-/m0/s1. The molecule has 0 amide bonds. The molecule has 0 N–H and O–H groups in total. The van der Waals surface area contributed by atoms with Crippen molar-refractivity contribution < 1.29 is 37.8 Å². The number of ether oxygens (including phenoxy) is 4. The highest BCUT2D eigenvalue weighted by molar-refractivity contribution is 9.12. The Bertz CT molecular complexity index is 927. The highest BCUT2D eigenvalue weighted by Gasteiger charge is 2.49. The maximum absolute atomic E-state index is 15.8. The maximum atomic E-state index is 15.8. The van der Waals surface area contributed by atoms with Gasteiger partial charge in [0, 0.05) is 7.11 Å². The molecule has 8 nitrogen and oxygen atoms in total. The van der Waals surface area contributed by atoms with Crippen LogP contribution >= 0.6 is 15.9 Å². The molecule has 32 heavy (non-hydrogen) atoms. The minimum Gasteiger partial charge on any atom is -0.497 e. The quantitative estimate of drug-likeness (QED) is 0.259. The van der Waals surface area contributed by atoms with Crippen molar-refractivity contribution in [3.8, 4) is 5.75 Å². The summed E-state index contributed by atoms with van der Waals surface area (Å²) in [6, 6.07) is 6.01. The van der Waals surface area contributed by atoms with Crippen molar-refractivity contribution in [2.24, 2.45) is 5.16 Å². The summed E-state index contributed by atoms with van der Waals surface area (Å²) in [5, 5.41) is 3.61. The fourth-order valence-electron chi connectivity index (χ4n) is 2.79. The lowest BCUT2D eigenvalue weighted by Crippen LogP contribution is -2.42. The minimum atomic E-state index is -2.80. The van der Waals surface area contributed by atoms with Gasteiger partial charge < -0.3 is 23.8 Å². The van der Waals surface area contributed by atoms with Crippen LogP contribution in [0.3, 0.4) is 0 Å². The Hall–Kier alpha value is -2.72. The smallest absolute Gasteiger partial charge is 0.343 e. The van der Waals surface area contributed by atoms with Crippen LogP contribution < -0.4 is 4.74 Å². The highest BCUT2D eigenvalue weighted by atomic mass is 79.9. The first-order valence-corrected chi connectivity index (χ1v) is 10.6. The molecule has 0 fully saturated rings. The van der Waals surface area contributed by atoms with Gasteiger partial charge in [0.15, 0.2) is 11.5 Å². The molecule has 0 saturated heterocycles. The normalized spacial score (nSPS) is 19.4. The first kappa shape index (κ1) is 25.5. The number of carbonyl (C=O) groups excluding carboxylic acids is 2. The van der Waals surface area contributed by atoms with Gasteiger partial charge >= 0.3 is 17.8 Å². The van der Waals surface area contributed by atoms with Crippen molar-refractivity contribution in [3.05, 3.63) is 51.7 Å². The van der Waals surface area contributed by atoms with E-state index in [1.54, 1.807) is 12.1 Å². The third-order valence-electron chi connectivity index (χ3n) is 4.53. The molecule has 174 valence electrons. The molecule has 0 radical (unpaired) electrons. The summed E-state index contributed by atoms with van der Waals surface area (Å²) < 4.78 is 36.3. The zero-order chi connectivity index (χ0) is 23.7.